The first-order valence-electron chi connectivity index (χ1n) is 3.94. The van der Waals surface area contributed by atoms with E-state index in [1.165, 1.54) is 11.1 Å². The Morgan fingerprint density at radius 2 is 2.27 bits per heavy atom. The van der Waals surface area contributed by atoms with Crippen LogP contribution in [0.15, 0.2) is 12.3 Å². The number of hydrogen-bond acceptors (Lipinski definition) is 2. The van der Waals surface area contributed by atoms with Crippen LogP contribution in [0.1, 0.15) is 23.7 Å². The SMILES string of the molecule is CCc1cc2c(cn1)COC2. The van der Waals surface area contributed by atoms with Crippen molar-refractivity contribution in [2.24, 2.45) is 0 Å². The zero-order valence-corrected chi connectivity index (χ0v) is 6.63. The van der Waals surface area contributed by atoms with Gasteiger partial charge in [-0.05, 0) is 18.1 Å². The molecule has 0 radical (unpaired) electrons. The summed E-state index contributed by atoms with van der Waals surface area (Å²) in [5, 5.41) is 0. The predicted molar refractivity (Wildman–Crippen MR) is 42.1 cm³/mol. The van der Waals surface area contributed by atoms with E-state index in [4.69, 9.17) is 4.74 Å². The Labute approximate surface area is 66.2 Å². The number of nitrogens with zero attached hydrogens (tertiary/aromatic N) is 1. The average molecular weight is 149 g/mol. The molecule has 2 nitrogen and oxygen atoms in total. The van der Waals surface area contributed by atoms with E-state index in [0.29, 0.717) is 0 Å². The molecule has 0 N–H and O–H groups in total. The molecule has 0 spiro atoms. The van der Waals surface area contributed by atoms with Gasteiger partial charge in [-0.2, -0.15) is 0 Å². The molecule has 0 unspecified atom stereocenters. The van der Waals surface area contributed by atoms with Gasteiger partial charge in [0.2, 0.25) is 0 Å². The summed E-state index contributed by atoms with van der Waals surface area (Å²) in [6.45, 7) is 3.63. The van der Waals surface area contributed by atoms with Gasteiger partial charge < -0.3 is 4.74 Å². The van der Waals surface area contributed by atoms with Crippen LogP contribution in [-0.4, -0.2) is 4.98 Å². The summed E-state index contributed by atoms with van der Waals surface area (Å²) >= 11 is 0. The van der Waals surface area contributed by atoms with Gasteiger partial charge in [0.1, 0.15) is 0 Å². The molecule has 1 aromatic heterocycles. The topological polar surface area (TPSA) is 22.1 Å². The minimum Gasteiger partial charge on any atom is -0.372 e. The highest BCUT2D eigenvalue weighted by Gasteiger charge is 2.10. The van der Waals surface area contributed by atoms with E-state index in [0.717, 1.165) is 25.3 Å². The molecular weight excluding hydrogens is 138 g/mol. The van der Waals surface area contributed by atoms with Gasteiger partial charge in [-0.3, -0.25) is 4.98 Å². The highest BCUT2D eigenvalue weighted by atomic mass is 16.5. The number of ether oxygens (including phenoxy) is 1. The van der Waals surface area contributed by atoms with Gasteiger partial charge >= 0.3 is 0 Å². The maximum atomic E-state index is 5.27. The molecule has 2 heteroatoms. The molecule has 11 heavy (non-hydrogen) atoms. The maximum absolute atomic E-state index is 5.27. The van der Waals surface area contributed by atoms with Crippen LogP contribution >= 0.6 is 0 Å². The number of aryl methyl sites for hydroxylation is 1. The van der Waals surface area contributed by atoms with Crippen molar-refractivity contribution in [2.75, 3.05) is 0 Å². The van der Waals surface area contributed by atoms with E-state index >= 15 is 0 Å². The number of rotatable bonds is 1. The van der Waals surface area contributed by atoms with Crippen LogP contribution in [0.4, 0.5) is 0 Å². The lowest BCUT2D eigenvalue weighted by Gasteiger charge is -1.98. The molecule has 0 atom stereocenters. The summed E-state index contributed by atoms with van der Waals surface area (Å²) < 4.78 is 5.27. The second-order valence-corrected chi connectivity index (χ2v) is 2.79. The van der Waals surface area contributed by atoms with Crippen molar-refractivity contribution in [3.8, 4) is 0 Å². The van der Waals surface area contributed by atoms with Crippen molar-refractivity contribution in [3.63, 3.8) is 0 Å². The van der Waals surface area contributed by atoms with Crippen molar-refractivity contribution >= 4 is 0 Å². The van der Waals surface area contributed by atoms with E-state index in [9.17, 15) is 0 Å². The van der Waals surface area contributed by atoms with Gasteiger partial charge in [0.25, 0.3) is 0 Å². The molecule has 2 rings (SSSR count). The summed E-state index contributed by atoms with van der Waals surface area (Å²) in [5.74, 6) is 0. The summed E-state index contributed by atoms with van der Waals surface area (Å²) in [6.07, 6.45) is 2.94. The fraction of sp³-hybridized carbons (Fsp3) is 0.444. The van der Waals surface area contributed by atoms with Gasteiger partial charge in [0.15, 0.2) is 0 Å². The summed E-state index contributed by atoms with van der Waals surface area (Å²) in [6, 6.07) is 2.14. The Kier molecular flexibility index (Phi) is 1.62. The summed E-state index contributed by atoms with van der Waals surface area (Å²) in [5.41, 5.74) is 3.73. The zero-order valence-electron chi connectivity index (χ0n) is 6.63. The molecule has 1 aliphatic heterocycles. The lowest BCUT2D eigenvalue weighted by Crippen LogP contribution is -1.90. The molecule has 1 aromatic rings. The lowest BCUT2D eigenvalue weighted by atomic mass is 10.1. The largest absolute Gasteiger partial charge is 0.372 e. The van der Waals surface area contributed by atoms with E-state index in [1.807, 2.05) is 6.20 Å². The number of hydrogen-bond donors (Lipinski definition) is 0. The fourth-order valence-corrected chi connectivity index (χ4v) is 1.30. The van der Waals surface area contributed by atoms with Crippen molar-refractivity contribution < 1.29 is 4.74 Å². The minimum atomic E-state index is 0.742. The van der Waals surface area contributed by atoms with Crippen molar-refractivity contribution in [3.05, 3.63) is 29.1 Å². The Morgan fingerprint density at radius 1 is 1.45 bits per heavy atom. The van der Waals surface area contributed by atoms with Crippen molar-refractivity contribution in [1.82, 2.24) is 4.98 Å². The summed E-state index contributed by atoms with van der Waals surface area (Å²) in [4.78, 5) is 4.29. The van der Waals surface area contributed by atoms with Gasteiger partial charge in [-0.25, -0.2) is 0 Å². The second kappa shape index (κ2) is 2.62. The third-order valence-electron chi connectivity index (χ3n) is 2.02. The van der Waals surface area contributed by atoms with Crippen LogP contribution in [-0.2, 0) is 24.4 Å². The highest BCUT2D eigenvalue weighted by Crippen LogP contribution is 2.18. The molecule has 0 aliphatic carbocycles. The van der Waals surface area contributed by atoms with E-state index in [-0.39, 0.29) is 0 Å². The van der Waals surface area contributed by atoms with Crippen LogP contribution in [0.3, 0.4) is 0 Å². The molecule has 1 aliphatic rings. The molecule has 0 fully saturated rings. The van der Waals surface area contributed by atoms with Crippen molar-refractivity contribution in [1.29, 1.82) is 0 Å². The van der Waals surface area contributed by atoms with Gasteiger partial charge in [-0.1, -0.05) is 6.92 Å². The lowest BCUT2D eigenvalue weighted by molar-refractivity contribution is 0.134. The Hall–Kier alpha value is -0.890. The average Bonchev–Trinajstić information content (AvgIpc) is 2.50. The third-order valence-corrected chi connectivity index (χ3v) is 2.02. The summed E-state index contributed by atoms with van der Waals surface area (Å²) in [7, 11) is 0. The monoisotopic (exact) mass is 149 g/mol. The van der Waals surface area contributed by atoms with Crippen LogP contribution in [0.2, 0.25) is 0 Å². The van der Waals surface area contributed by atoms with Gasteiger partial charge in [0, 0.05) is 17.5 Å². The predicted octanol–water partition coefficient (Wildman–Crippen LogP) is 1.67. The second-order valence-electron chi connectivity index (χ2n) is 2.79. The fourth-order valence-electron chi connectivity index (χ4n) is 1.30. The molecule has 0 saturated carbocycles. The highest BCUT2D eigenvalue weighted by molar-refractivity contribution is 5.27. The smallest absolute Gasteiger partial charge is 0.0740 e. The standard InChI is InChI=1S/C9H11NO/c1-2-9-3-7-5-11-6-8(7)4-10-9/h3-4H,2,5-6H2,1H3. The first-order valence-corrected chi connectivity index (χ1v) is 3.94. The molecule has 0 amide bonds. The molecule has 58 valence electrons. The normalized spacial score (nSPS) is 15.0. The Morgan fingerprint density at radius 3 is 3.09 bits per heavy atom. The quantitative estimate of drug-likeness (QED) is 0.606. The number of pyridine rings is 1. The Balaban J connectivity index is 2.41. The van der Waals surface area contributed by atoms with Crippen LogP contribution in [0.25, 0.3) is 0 Å². The van der Waals surface area contributed by atoms with E-state index in [2.05, 4.69) is 18.0 Å². The Bertz CT molecular complexity index is 270. The molecule has 2 heterocycles. The van der Waals surface area contributed by atoms with Crippen LogP contribution in [0.5, 0.6) is 0 Å². The first kappa shape index (κ1) is 6.80. The first-order chi connectivity index (χ1) is 5.40. The zero-order chi connectivity index (χ0) is 7.68. The van der Waals surface area contributed by atoms with Crippen molar-refractivity contribution in [2.45, 2.75) is 26.6 Å². The minimum absolute atomic E-state index is 0.742. The molecule has 0 bridgehead atoms. The molecule has 0 aromatic carbocycles. The van der Waals surface area contributed by atoms with E-state index < -0.39 is 0 Å². The molecular formula is C9H11NO. The van der Waals surface area contributed by atoms with Gasteiger partial charge in [-0.15, -0.1) is 0 Å². The number of aromatic nitrogens is 1. The molecule has 0 saturated heterocycles. The van der Waals surface area contributed by atoms with Gasteiger partial charge in [0.05, 0.1) is 13.2 Å². The van der Waals surface area contributed by atoms with E-state index in [1.54, 1.807) is 0 Å². The maximum Gasteiger partial charge on any atom is 0.0740 e. The number of fused-ring (bicyclic) bond motifs is 1. The third kappa shape index (κ3) is 1.14. The van der Waals surface area contributed by atoms with Crippen LogP contribution in [0, 0.1) is 0 Å². The van der Waals surface area contributed by atoms with Crippen LogP contribution < -0.4 is 0 Å².